The lowest BCUT2D eigenvalue weighted by atomic mass is 9.74. The van der Waals surface area contributed by atoms with Crippen LogP contribution in [0.4, 0.5) is 0 Å². The van der Waals surface area contributed by atoms with E-state index in [-0.39, 0.29) is 23.8 Å². The Labute approximate surface area is 198 Å². The molecular formula is C25H33N3O4S. The Morgan fingerprint density at radius 3 is 2.70 bits per heavy atom. The summed E-state index contributed by atoms with van der Waals surface area (Å²) in [6.07, 6.45) is 7.92. The fourth-order valence-corrected chi connectivity index (χ4v) is 6.62. The molecular weight excluding hydrogens is 438 g/mol. The molecule has 2 saturated heterocycles. The SMILES string of the molecule is CCC(C)(C)NC(=O)[C@@H]1N(C2CCCC2)C(=O)[C@@H]2[C@H](C(=O)NCc3cccs3)[C@H]3C=C[C@]21O3. The van der Waals surface area contributed by atoms with Gasteiger partial charge in [0.05, 0.1) is 24.5 Å². The van der Waals surface area contributed by atoms with Gasteiger partial charge in [-0.25, -0.2) is 0 Å². The van der Waals surface area contributed by atoms with Crippen molar-refractivity contribution in [1.82, 2.24) is 15.5 Å². The highest BCUT2D eigenvalue weighted by Crippen LogP contribution is 2.56. The molecule has 3 amide bonds. The van der Waals surface area contributed by atoms with Crippen molar-refractivity contribution < 1.29 is 19.1 Å². The van der Waals surface area contributed by atoms with Crippen LogP contribution < -0.4 is 10.6 Å². The van der Waals surface area contributed by atoms with Crippen LogP contribution in [0.15, 0.2) is 29.7 Å². The average Bonchev–Trinajstić information content (AvgIpc) is 3.59. The van der Waals surface area contributed by atoms with E-state index in [4.69, 9.17) is 4.74 Å². The molecule has 1 spiro atoms. The molecule has 0 aromatic carbocycles. The Bertz CT molecular complexity index is 968. The van der Waals surface area contributed by atoms with Crippen LogP contribution in [0.5, 0.6) is 0 Å². The summed E-state index contributed by atoms with van der Waals surface area (Å²) in [5.41, 5.74) is -1.48. The topological polar surface area (TPSA) is 87.7 Å². The predicted molar refractivity (Wildman–Crippen MR) is 125 cm³/mol. The van der Waals surface area contributed by atoms with Gasteiger partial charge in [0.25, 0.3) is 0 Å². The number of fused-ring (bicyclic) bond motifs is 1. The number of carbonyl (C=O) groups is 3. The van der Waals surface area contributed by atoms with E-state index in [0.717, 1.165) is 37.0 Å². The lowest BCUT2D eigenvalue weighted by Crippen LogP contribution is -2.59. The largest absolute Gasteiger partial charge is 0.359 e. The first-order chi connectivity index (χ1) is 15.8. The third kappa shape index (κ3) is 3.62. The van der Waals surface area contributed by atoms with E-state index in [0.29, 0.717) is 6.54 Å². The van der Waals surface area contributed by atoms with E-state index in [2.05, 4.69) is 10.6 Å². The fourth-order valence-electron chi connectivity index (χ4n) is 5.98. The maximum absolute atomic E-state index is 13.9. The average molecular weight is 472 g/mol. The van der Waals surface area contributed by atoms with Crippen molar-refractivity contribution in [1.29, 1.82) is 0 Å². The van der Waals surface area contributed by atoms with E-state index in [9.17, 15) is 14.4 Å². The summed E-state index contributed by atoms with van der Waals surface area (Å²) in [4.78, 5) is 43.8. The Balaban J connectivity index is 1.46. The van der Waals surface area contributed by atoms with Gasteiger partial charge >= 0.3 is 0 Å². The highest BCUT2D eigenvalue weighted by atomic mass is 32.1. The zero-order chi connectivity index (χ0) is 23.4. The fraction of sp³-hybridized carbons (Fsp3) is 0.640. The van der Waals surface area contributed by atoms with Gasteiger partial charge in [-0.2, -0.15) is 0 Å². The highest BCUT2D eigenvalue weighted by Gasteiger charge is 2.73. The molecule has 33 heavy (non-hydrogen) atoms. The van der Waals surface area contributed by atoms with Gasteiger partial charge in [0.1, 0.15) is 11.6 Å². The summed E-state index contributed by atoms with van der Waals surface area (Å²) in [5, 5.41) is 8.13. The van der Waals surface area contributed by atoms with Gasteiger partial charge in [0, 0.05) is 16.5 Å². The number of carbonyl (C=O) groups excluding carboxylic acids is 3. The van der Waals surface area contributed by atoms with Gasteiger partial charge in [0.15, 0.2) is 0 Å². The number of nitrogens with one attached hydrogen (secondary N) is 2. The van der Waals surface area contributed by atoms with Crippen LogP contribution in [0, 0.1) is 11.8 Å². The maximum Gasteiger partial charge on any atom is 0.246 e. The minimum Gasteiger partial charge on any atom is -0.359 e. The van der Waals surface area contributed by atoms with Crippen LogP contribution in [0.25, 0.3) is 0 Å². The van der Waals surface area contributed by atoms with Crippen molar-refractivity contribution in [3.8, 4) is 0 Å². The molecule has 2 bridgehead atoms. The van der Waals surface area contributed by atoms with Crippen LogP contribution in [-0.2, 0) is 25.7 Å². The minimum absolute atomic E-state index is 0.0174. The third-order valence-corrected chi connectivity index (χ3v) is 8.82. The second kappa shape index (κ2) is 8.24. The maximum atomic E-state index is 13.9. The number of ether oxygens (including phenoxy) is 1. The minimum atomic E-state index is -1.08. The van der Waals surface area contributed by atoms with E-state index in [1.54, 1.807) is 16.2 Å². The van der Waals surface area contributed by atoms with Gasteiger partial charge in [-0.15, -0.1) is 11.3 Å². The molecule has 4 aliphatic rings. The van der Waals surface area contributed by atoms with Crippen molar-refractivity contribution >= 4 is 29.1 Å². The van der Waals surface area contributed by atoms with Crippen LogP contribution in [0.2, 0.25) is 0 Å². The number of amides is 3. The van der Waals surface area contributed by atoms with Gasteiger partial charge in [0.2, 0.25) is 17.7 Å². The van der Waals surface area contributed by atoms with Crippen LogP contribution in [0.3, 0.4) is 0 Å². The molecule has 8 heteroatoms. The number of rotatable bonds is 7. The molecule has 1 saturated carbocycles. The van der Waals surface area contributed by atoms with E-state index in [1.165, 1.54) is 0 Å². The smallest absolute Gasteiger partial charge is 0.246 e. The quantitative estimate of drug-likeness (QED) is 0.599. The van der Waals surface area contributed by atoms with E-state index in [1.807, 2.05) is 50.4 Å². The van der Waals surface area contributed by atoms with Crippen LogP contribution >= 0.6 is 11.3 Å². The van der Waals surface area contributed by atoms with Crippen LogP contribution in [-0.4, -0.2) is 51.9 Å². The molecule has 1 aromatic heterocycles. The van der Waals surface area contributed by atoms with Gasteiger partial charge < -0.3 is 20.3 Å². The molecule has 3 aliphatic heterocycles. The zero-order valence-corrected chi connectivity index (χ0v) is 20.3. The van der Waals surface area contributed by atoms with Gasteiger partial charge in [-0.3, -0.25) is 14.4 Å². The summed E-state index contributed by atoms with van der Waals surface area (Å²) in [5.74, 6) is -1.77. The van der Waals surface area contributed by atoms with Crippen molar-refractivity contribution in [2.75, 3.05) is 0 Å². The lowest BCUT2D eigenvalue weighted by Gasteiger charge is -2.37. The summed E-state index contributed by atoms with van der Waals surface area (Å²) in [7, 11) is 0. The number of nitrogens with zero attached hydrogens (tertiary/aromatic N) is 1. The molecule has 5 rings (SSSR count). The Morgan fingerprint density at radius 1 is 1.27 bits per heavy atom. The van der Waals surface area contributed by atoms with Crippen LogP contribution in [0.1, 0.15) is 57.8 Å². The molecule has 2 N–H and O–H groups in total. The standard InChI is InChI=1S/C25H33N3O4S/c1-4-24(2,3)27-22(30)20-25-12-11-17(32-25)18(21(29)26-14-16-10-7-13-33-16)19(25)23(31)28(20)15-8-5-6-9-15/h7,10-13,15,17-20H,4-6,8-9,14H2,1-3H3,(H,26,29)(H,27,30)/t17-,18-,19+,20+,25+/m1/s1. The second-order valence-electron chi connectivity index (χ2n) is 10.4. The second-order valence-corrected chi connectivity index (χ2v) is 11.4. The van der Waals surface area contributed by atoms with Crippen molar-refractivity contribution in [2.24, 2.45) is 11.8 Å². The number of thiophene rings is 1. The summed E-state index contributed by atoms with van der Waals surface area (Å²) in [6, 6.07) is 3.19. The summed E-state index contributed by atoms with van der Waals surface area (Å²) < 4.78 is 6.40. The molecule has 0 radical (unpaired) electrons. The van der Waals surface area contributed by atoms with Gasteiger partial charge in [-0.1, -0.05) is 38.0 Å². The Kier molecular flexibility index (Phi) is 5.64. The molecule has 1 aliphatic carbocycles. The third-order valence-electron chi connectivity index (χ3n) is 7.94. The lowest BCUT2D eigenvalue weighted by molar-refractivity contribution is -0.144. The predicted octanol–water partition coefficient (Wildman–Crippen LogP) is 2.76. The molecule has 178 valence electrons. The normalized spacial score (nSPS) is 33.1. The van der Waals surface area contributed by atoms with E-state index >= 15 is 0 Å². The monoisotopic (exact) mass is 471 g/mol. The first kappa shape index (κ1) is 22.6. The van der Waals surface area contributed by atoms with Crippen molar-refractivity contribution in [2.45, 2.75) is 88.7 Å². The summed E-state index contributed by atoms with van der Waals surface area (Å²) in [6.45, 7) is 6.43. The molecule has 1 aromatic rings. The number of likely N-dealkylation sites (tertiary alicyclic amines) is 1. The molecule has 0 unspecified atom stereocenters. The highest BCUT2D eigenvalue weighted by molar-refractivity contribution is 7.09. The number of hydrogen-bond acceptors (Lipinski definition) is 5. The first-order valence-electron chi connectivity index (χ1n) is 12.1. The Hall–Kier alpha value is -2.19. The number of hydrogen-bond donors (Lipinski definition) is 2. The molecule has 7 nitrogen and oxygen atoms in total. The zero-order valence-electron chi connectivity index (χ0n) is 19.5. The molecule has 5 atom stereocenters. The molecule has 4 heterocycles. The molecule has 3 fully saturated rings. The Morgan fingerprint density at radius 2 is 2.03 bits per heavy atom. The van der Waals surface area contributed by atoms with Gasteiger partial charge in [-0.05, 0) is 44.6 Å². The van der Waals surface area contributed by atoms with Crippen molar-refractivity contribution in [3.63, 3.8) is 0 Å². The first-order valence-corrected chi connectivity index (χ1v) is 13.0. The van der Waals surface area contributed by atoms with E-state index < -0.39 is 35.1 Å². The summed E-state index contributed by atoms with van der Waals surface area (Å²) >= 11 is 1.58. The van der Waals surface area contributed by atoms with Crippen molar-refractivity contribution in [3.05, 3.63) is 34.5 Å².